The zero-order chi connectivity index (χ0) is 18.1. The zero-order valence-electron chi connectivity index (χ0n) is 14.9. The predicted octanol–water partition coefficient (Wildman–Crippen LogP) is 3.33. The van der Waals surface area contributed by atoms with Crippen LogP contribution < -0.4 is 4.74 Å². The van der Waals surface area contributed by atoms with Gasteiger partial charge in [0.15, 0.2) is 0 Å². The van der Waals surface area contributed by atoms with E-state index < -0.39 is 0 Å². The number of carbonyl (C=O) groups is 1. The summed E-state index contributed by atoms with van der Waals surface area (Å²) in [6, 6.07) is 6.15. The molecule has 2 aromatic rings. The Morgan fingerprint density at radius 2 is 2.19 bits per heavy atom. The fourth-order valence-corrected chi connectivity index (χ4v) is 3.97. The van der Waals surface area contributed by atoms with E-state index in [1.54, 1.807) is 7.11 Å². The van der Waals surface area contributed by atoms with Gasteiger partial charge in [-0.2, -0.15) is 0 Å². The van der Waals surface area contributed by atoms with Crippen molar-refractivity contribution in [1.82, 2.24) is 19.9 Å². The monoisotopic (exact) mass is 418 g/mol. The lowest BCUT2D eigenvalue weighted by atomic mass is 10.1. The molecule has 4 rings (SSSR count). The summed E-state index contributed by atoms with van der Waals surface area (Å²) in [5.41, 5.74) is 2.16. The van der Waals surface area contributed by atoms with Gasteiger partial charge in [0, 0.05) is 36.1 Å². The summed E-state index contributed by atoms with van der Waals surface area (Å²) in [5, 5.41) is 8.57. The topological polar surface area (TPSA) is 60.2 Å². The number of methoxy groups -OCH3 is 1. The number of benzene rings is 1. The number of likely N-dealkylation sites (tertiary alicyclic amines) is 1. The van der Waals surface area contributed by atoms with Crippen molar-refractivity contribution in [3.63, 3.8) is 0 Å². The molecule has 1 saturated heterocycles. The third-order valence-corrected chi connectivity index (χ3v) is 5.76. The van der Waals surface area contributed by atoms with Crippen LogP contribution in [-0.2, 0) is 11.2 Å². The first-order valence-electron chi connectivity index (χ1n) is 9.16. The molecule has 1 aromatic heterocycles. The van der Waals surface area contributed by atoms with E-state index in [1.807, 2.05) is 27.8 Å². The molecule has 7 heteroatoms. The highest BCUT2D eigenvalue weighted by Gasteiger charge is 2.31. The zero-order valence-corrected chi connectivity index (χ0v) is 16.5. The summed E-state index contributed by atoms with van der Waals surface area (Å²) in [6.45, 7) is 1.51. The number of rotatable bonds is 6. The molecule has 2 fully saturated rings. The van der Waals surface area contributed by atoms with Crippen molar-refractivity contribution in [3.05, 3.63) is 40.1 Å². The molecule has 1 aliphatic heterocycles. The highest BCUT2D eigenvalue weighted by atomic mass is 79.9. The summed E-state index contributed by atoms with van der Waals surface area (Å²) in [5.74, 6) is 1.63. The highest BCUT2D eigenvalue weighted by molar-refractivity contribution is 9.10. The van der Waals surface area contributed by atoms with Crippen LogP contribution in [0.1, 0.15) is 48.9 Å². The van der Waals surface area contributed by atoms with E-state index in [2.05, 4.69) is 32.4 Å². The number of ether oxygens (including phenoxy) is 1. The fraction of sp³-hybridized carbons (Fsp3) is 0.526. The van der Waals surface area contributed by atoms with E-state index in [-0.39, 0.29) is 11.9 Å². The van der Waals surface area contributed by atoms with Gasteiger partial charge in [0.2, 0.25) is 5.91 Å². The van der Waals surface area contributed by atoms with Gasteiger partial charge in [0.25, 0.3) is 0 Å². The first kappa shape index (κ1) is 17.5. The molecule has 138 valence electrons. The molecule has 26 heavy (non-hydrogen) atoms. The number of halogens is 1. The minimum Gasteiger partial charge on any atom is -0.496 e. The van der Waals surface area contributed by atoms with Crippen LogP contribution in [0, 0.1) is 0 Å². The second-order valence-corrected chi connectivity index (χ2v) is 8.05. The molecule has 0 bridgehead atoms. The standard InChI is InChI=1S/C19H23BrN4O2/c1-26-18-6-5-15(20)10-14(18)4-7-19(25)23-9-8-16(11-23)24-12-17(21-22-24)13-2-3-13/h5-6,10,12-13,16H,2-4,7-9,11H2,1H3. The van der Waals surface area contributed by atoms with Gasteiger partial charge in [-0.25, -0.2) is 4.68 Å². The molecule has 0 N–H and O–H groups in total. The van der Waals surface area contributed by atoms with Crippen molar-refractivity contribution in [2.45, 2.75) is 44.1 Å². The number of aryl methyl sites for hydroxylation is 1. The number of nitrogens with zero attached hydrogens (tertiary/aromatic N) is 4. The first-order chi connectivity index (χ1) is 12.6. The lowest BCUT2D eigenvalue weighted by Crippen LogP contribution is -2.29. The molecular weight excluding hydrogens is 396 g/mol. The van der Waals surface area contributed by atoms with Crippen molar-refractivity contribution in [1.29, 1.82) is 0 Å². The molecular formula is C19H23BrN4O2. The van der Waals surface area contributed by atoms with Crippen molar-refractivity contribution in [3.8, 4) is 5.75 Å². The number of hydrogen-bond donors (Lipinski definition) is 0. The van der Waals surface area contributed by atoms with E-state index in [4.69, 9.17) is 4.74 Å². The molecule has 0 radical (unpaired) electrons. The van der Waals surface area contributed by atoms with E-state index in [0.29, 0.717) is 18.8 Å². The summed E-state index contributed by atoms with van der Waals surface area (Å²) in [7, 11) is 1.66. The normalized spacial score (nSPS) is 19.8. The van der Waals surface area contributed by atoms with Crippen molar-refractivity contribution in [2.24, 2.45) is 0 Å². The Balaban J connectivity index is 1.33. The van der Waals surface area contributed by atoms with E-state index in [9.17, 15) is 4.79 Å². The van der Waals surface area contributed by atoms with Gasteiger partial charge < -0.3 is 9.64 Å². The fourth-order valence-electron chi connectivity index (χ4n) is 3.56. The molecule has 1 atom stereocenters. The van der Waals surface area contributed by atoms with Crippen LogP contribution in [-0.4, -0.2) is 46.0 Å². The molecule has 0 spiro atoms. The maximum absolute atomic E-state index is 12.6. The number of amides is 1. The maximum Gasteiger partial charge on any atom is 0.222 e. The van der Waals surface area contributed by atoms with Gasteiger partial charge in [-0.15, -0.1) is 5.10 Å². The minimum atomic E-state index is 0.192. The number of carbonyl (C=O) groups excluding carboxylic acids is 1. The Labute approximate surface area is 161 Å². The van der Waals surface area contributed by atoms with E-state index in [1.165, 1.54) is 12.8 Å². The van der Waals surface area contributed by atoms with E-state index in [0.717, 1.165) is 41.0 Å². The van der Waals surface area contributed by atoms with Gasteiger partial charge in [-0.05, 0) is 49.4 Å². The smallest absolute Gasteiger partial charge is 0.222 e. The van der Waals surface area contributed by atoms with Gasteiger partial charge >= 0.3 is 0 Å². The lowest BCUT2D eigenvalue weighted by molar-refractivity contribution is -0.130. The number of aromatic nitrogens is 3. The average molecular weight is 419 g/mol. The van der Waals surface area contributed by atoms with Gasteiger partial charge in [-0.3, -0.25) is 4.79 Å². The SMILES string of the molecule is COc1ccc(Br)cc1CCC(=O)N1CCC(n2cc(C3CC3)nn2)C1. The molecule has 2 aliphatic rings. The van der Waals surface area contributed by atoms with Crippen molar-refractivity contribution in [2.75, 3.05) is 20.2 Å². The predicted molar refractivity (Wildman–Crippen MR) is 101 cm³/mol. The second kappa shape index (κ2) is 7.39. The van der Waals surface area contributed by atoms with Crippen molar-refractivity contribution < 1.29 is 9.53 Å². The largest absolute Gasteiger partial charge is 0.496 e. The quantitative estimate of drug-likeness (QED) is 0.721. The third-order valence-electron chi connectivity index (χ3n) is 5.26. The van der Waals surface area contributed by atoms with Gasteiger partial charge in [0.1, 0.15) is 5.75 Å². The van der Waals surface area contributed by atoms with Crippen molar-refractivity contribution >= 4 is 21.8 Å². The second-order valence-electron chi connectivity index (χ2n) is 7.14. The van der Waals surface area contributed by atoms with Crippen LogP contribution in [0.15, 0.2) is 28.9 Å². The average Bonchev–Trinajstić information content (AvgIpc) is 3.18. The van der Waals surface area contributed by atoms with Crippen LogP contribution in [0.5, 0.6) is 5.75 Å². The molecule has 6 nitrogen and oxygen atoms in total. The molecule has 2 heterocycles. The van der Waals surface area contributed by atoms with Gasteiger partial charge in [-0.1, -0.05) is 21.1 Å². The third kappa shape index (κ3) is 3.77. The summed E-state index contributed by atoms with van der Waals surface area (Å²) in [4.78, 5) is 14.6. The van der Waals surface area contributed by atoms with Gasteiger partial charge in [0.05, 0.1) is 18.8 Å². The molecule has 1 saturated carbocycles. The first-order valence-corrected chi connectivity index (χ1v) is 9.95. The maximum atomic E-state index is 12.6. The molecule has 1 aromatic carbocycles. The number of hydrogen-bond acceptors (Lipinski definition) is 4. The Hall–Kier alpha value is -1.89. The minimum absolute atomic E-state index is 0.192. The Bertz CT molecular complexity index is 803. The summed E-state index contributed by atoms with van der Waals surface area (Å²) >= 11 is 3.48. The lowest BCUT2D eigenvalue weighted by Gasteiger charge is -2.17. The van der Waals surface area contributed by atoms with E-state index >= 15 is 0 Å². The highest BCUT2D eigenvalue weighted by Crippen LogP contribution is 2.39. The van der Waals surface area contributed by atoms with Crippen LogP contribution in [0.2, 0.25) is 0 Å². The van der Waals surface area contributed by atoms with Crippen LogP contribution in [0.3, 0.4) is 0 Å². The molecule has 1 unspecified atom stereocenters. The summed E-state index contributed by atoms with van der Waals surface area (Å²) in [6.07, 6.45) is 6.64. The van der Waals surface area contributed by atoms with Crippen LogP contribution >= 0.6 is 15.9 Å². The Morgan fingerprint density at radius 1 is 1.35 bits per heavy atom. The Morgan fingerprint density at radius 3 is 2.96 bits per heavy atom. The summed E-state index contributed by atoms with van der Waals surface area (Å²) < 4.78 is 8.35. The molecule has 1 amide bonds. The molecule has 1 aliphatic carbocycles. The van der Waals surface area contributed by atoms with Crippen LogP contribution in [0.25, 0.3) is 0 Å². The Kier molecular flexibility index (Phi) is 4.98. The van der Waals surface area contributed by atoms with Crippen LogP contribution in [0.4, 0.5) is 0 Å².